The zero-order chi connectivity index (χ0) is 8.36. The molecule has 0 aromatic rings. The van der Waals surface area contributed by atoms with Crippen LogP contribution in [0.5, 0.6) is 0 Å². The third kappa shape index (κ3) is 4.97. The first-order valence-corrected chi connectivity index (χ1v) is 3.82. The van der Waals surface area contributed by atoms with E-state index >= 15 is 0 Å². The fraction of sp³-hybridized carbons (Fsp3) is 1.00. The van der Waals surface area contributed by atoms with Crippen molar-refractivity contribution in [2.45, 2.75) is 39.3 Å². The number of rotatable bonds is 3. The van der Waals surface area contributed by atoms with Gasteiger partial charge in [-0.15, -0.1) is 0 Å². The van der Waals surface area contributed by atoms with E-state index in [0.717, 1.165) is 6.54 Å². The molecule has 1 unspecified atom stereocenters. The molecular formula is C8H19NOTi. The molecule has 11 heavy (non-hydrogen) atoms. The standard InChI is InChI=1S/C8H19NO.Ti/c1-6-9(5)7(2)8(3,4)10;/h7,10H,6H2,1-5H3;. The van der Waals surface area contributed by atoms with E-state index in [1.807, 2.05) is 27.8 Å². The second kappa shape index (κ2) is 5.31. The summed E-state index contributed by atoms with van der Waals surface area (Å²) in [6, 6.07) is 0.220. The molecule has 0 aliphatic carbocycles. The van der Waals surface area contributed by atoms with Crippen LogP contribution < -0.4 is 0 Å². The van der Waals surface area contributed by atoms with Gasteiger partial charge in [0.05, 0.1) is 5.60 Å². The van der Waals surface area contributed by atoms with Crippen LogP contribution in [0.1, 0.15) is 27.7 Å². The predicted octanol–water partition coefficient (Wildman–Crippen LogP) is 1.10. The van der Waals surface area contributed by atoms with E-state index in [1.165, 1.54) is 0 Å². The van der Waals surface area contributed by atoms with Gasteiger partial charge in [0.15, 0.2) is 0 Å². The van der Waals surface area contributed by atoms with Gasteiger partial charge in [0.25, 0.3) is 0 Å². The molecule has 3 heteroatoms. The van der Waals surface area contributed by atoms with Gasteiger partial charge in [0.1, 0.15) is 0 Å². The predicted molar refractivity (Wildman–Crippen MR) is 44.1 cm³/mol. The third-order valence-corrected chi connectivity index (χ3v) is 2.18. The Balaban J connectivity index is 0. The molecule has 0 heterocycles. The first-order chi connectivity index (χ1) is 4.39. The van der Waals surface area contributed by atoms with Gasteiger partial charge in [0, 0.05) is 27.8 Å². The summed E-state index contributed by atoms with van der Waals surface area (Å²) in [4.78, 5) is 2.12. The number of likely N-dealkylation sites (N-methyl/N-ethyl adjacent to an activating group) is 1. The number of hydrogen-bond acceptors (Lipinski definition) is 2. The van der Waals surface area contributed by atoms with E-state index in [2.05, 4.69) is 11.8 Å². The van der Waals surface area contributed by atoms with Crippen LogP contribution in [-0.2, 0) is 21.7 Å². The summed E-state index contributed by atoms with van der Waals surface area (Å²) in [5.41, 5.74) is -0.592. The van der Waals surface area contributed by atoms with Gasteiger partial charge in [-0.05, 0) is 34.4 Å². The molecule has 0 amide bonds. The molecule has 0 rings (SSSR count). The molecule has 0 aliphatic rings. The normalized spacial score (nSPS) is 14.5. The molecule has 0 bridgehead atoms. The maximum absolute atomic E-state index is 9.55. The molecule has 1 atom stereocenters. The Bertz CT molecular complexity index is 101. The van der Waals surface area contributed by atoms with E-state index in [4.69, 9.17) is 0 Å². The van der Waals surface area contributed by atoms with Crippen LogP contribution in [0.2, 0.25) is 0 Å². The van der Waals surface area contributed by atoms with Crippen molar-refractivity contribution in [1.82, 2.24) is 4.90 Å². The van der Waals surface area contributed by atoms with E-state index in [9.17, 15) is 5.11 Å². The first kappa shape index (κ1) is 14.2. The van der Waals surface area contributed by atoms with Crippen molar-refractivity contribution >= 4 is 0 Å². The molecule has 0 aromatic carbocycles. The molecule has 0 aliphatic heterocycles. The minimum absolute atomic E-state index is 0. The zero-order valence-electron chi connectivity index (χ0n) is 8.18. The van der Waals surface area contributed by atoms with Gasteiger partial charge in [-0.2, -0.15) is 0 Å². The second-order valence-corrected chi connectivity index (χ2v) is 3.40. The minimum Gasteiger partial charge on any atom is -0.389 e. The van der Waals surface area contributed by atoms with Crippen molar-refractivity contribution in [3.05, 3.63) is 0 Å². The molecule has 66 valence electrons. The van der Waals surface area contributed by atoms with Crippen LogP contribution in [0.3, 0.4) is 0 Å². The van der Waals surface area contributed by atoms with Crippen molar-refractivity contribution in [3.8, 4) is 0 Å². The Morgan fingerprint density at radius 2 is 1.82 bits per heavy atom. The Morgan fingerprint density at radius 1 is 1.45 bits per heavy atom. The third-order valence-electron chi connectivity index (χ3n) is 2.18. The maximum atomic E-state index is 9.55. The number of aliphatic hydroxyl groups is 1. The fourth-order valence-electron chi connectivity index (χ4n) is 0.813. The molecule has 0 saturated carbocycles. The van der Waals surface area contributed by atoms with Gasteiger partial charge >= 0.3 is 0 Å². The summed E-state index contributed by atoms with van der Waals surface area (Å²) in [6.07, 6.45) is 0. The van der Waals surface area contributed by atoms with E-state index < -0.39 is 5.60 Å². The topological polar surface area (TPSA) is 23.5 Å². The Kier molecular flexibility index (Phi) is 6.84. The average molecular weight is 193 g/mol. The smallest absolute Gasteiger partial charge is 0.0743 e. The fourth-order valence-corrected chi connectivity index (χ4v) is 0.813. The molecule has 0 aromatic heterocycles. The summed E-state index contributed by atoms with van der Waals surface area (Å²) >= 11 is 0. The Morgan fingerprint density at radius 3 is 1.91 bits per heavy atom. The molecule has 0 fully saturated rings. The van der Waals surface area contributed by atoms with Crippen LogP contribution >= 0.6 is 0 Å². The SMILES string of the molecule is CCN(C)C(C)C(C)(C)O.[Ti]. The molecule has 0 spiro atoms. The summed E-state index contributed by atoms with van der Waals surface area (Å²) in [5.74, 6) is 0. The van der Waals surface area contributed by atoms with Crippen LogP contribution in [0, 0.1) is 0 Å². The summed E-state index contributed by atoms with van der Waals surface area (Å²) in [6.45, 7) is 8.77. The van der Waals surface area contributed by atoms with E-state index in [0.29, 0.717) is 0 Å². The van der Waals surface area contributed by atoms with Crippen molar-refractivity contribution in [1.29, 1.82) is 0 Å². The summed E-state index contributed by atoms with van der Waals surface area (Å²) < 4.78 is 0. The molecule has 0 radical (unpaired) electrons. The zero-order valence-corrected chi connectivity index (χ0v) is 9.74. The van der Waals surface area contributed by atoms with Gasteiger partial charge in [-0.3, -0.25) is 0 Å². The average Bonchev–Trinajstić information content (AvgIpc) is 1.83. The van der Waals surface area contributed by atoms with Crippen LogP contribution in [0.15, 0.2) is 0 Å². The molecule has 0 saturated heterocycles. The monoisotopic (exact) mass is 193 g/mol. The Labute approximate surface area is 84.9 Å². The summed E-state index contributed by atoms with van der Waals surface area (Å²) in [7, 11) is 2.02. The number of nitrogens with zero attached hydrogens (tertiary/aromatic N) is 1. The molecule has 2 nitrogen and oxygen atoms in total. The van der Waals surface area contributed by atoms with Gasteiger partial charge in [0.2, 0.25) is 0 Å². The first-order valence-electron chi connectivity index (χ1n) is 3.82. The second-order valence-electron chi connectivity index (χ2n) is 3.40. The van der Waals surface area contributed by atoms with Crippen molar-refractivity contribution in [2.75, 3.05) is 13.6 Å². The van der Waals surface area contributed by atoms with Crippen molar-refractivity contribution in [2.24, 2.45) is 0 Å². The van der Waals surface area contributed by atoms with Gasteiger partial charge in [-0.25, -0.2) is 0 Å². The van der Waals surface area contributed by atoms with Crippen LogP contribution in [0.25, 0.3) is 0 Å². The Hall–Kier alpha value is 0.634. The van der Waals surface area contributed by atoms with E-state index in [1.54, 1.807) is 0 Å². The van der Waals surface area contributed by atoms with Crippen molar-refractivity contribution < 1.29 is 26.8 Å². The largest absolute Gasteiger partial charge is 0.389 e. The number of hydrogen-bond donors (Lipinski definition) is 1. The van der Waals surface area contributed by atoms with Crippen LogP contribution in [0.4, 0.5) is 0 Å². The summed E-state index contributed by atoms with van der Waals surface area (Å²) in [5, 5.41) is 9.55. The van der Waals surface area contributed by atoms with Crippen LogP contribution in [-0.4, -0.2) is 35.2 Å². The quantitative estimate of drug-likeness (QED) is 0.678. The van der Waals surface area contributed by atoms with Gasteiger partial charge in [-0.1, -0.05) is 6.92 Å². The van der Waals surface area contributed by atoms with Gasteiger partial charge < -0.3 is 10.0 Å². The minimum atomic E-state index is -0.592. The molecule has 1 N–H and O–H groups in total. The van der Waals surface area contributed by atoms with Crippen molar-refractivity contribution in [3.63, 3.8) is 0 Å². The molecular weight excluding hydrogens is 174 g/mol. The van der Waals surface area contributed by atoms with E-state index in [-0.39, 0.29) is 27.8 Å². The maximum Gasteiger partial charge on any atom is 0.0743 e.